The van der Waals surface area contributed by atoms with E-state index in [4.69, 9.17) is 15.2 Å². The number of rotatable bonds is 8. The number of ether oxygens (including phenoxy) is 2. The van der Waals surface area contributed by atoms with E-state index >= 15 is 0 Å². The van der Waals surface area contributed by atoms with Crippen LogP contribution in [0.15, 0.2) is 0 Å². The molecule has 0 heterocycles. The minimum atomic E-state index is -0.498. The molecule has 1 aliphatic rings. The average molecular weight is 229 g/mol. The first kappa shape index (κ1) is 13.5. The van der Waals surface area contributed by atoms with Crippen LogP contribution in [0.5, 0.6) is 0 Å². The fourth-order valence-corrected chi connectivity index (χ4v) is 2.16. The number of carbonyl (C=O) groups excluding carboxylic acids is 1. The van der Waals surface area contributed by atoms with Gasteiger partial charge < -0.3 is 15.2 Å². The van der Waals surface area contributed by atoms with Crippen LogP contribution in [0.3, 0.4) is 0 Å². The average Bonchev–Trinajstić information content (AvgIpc) is 3.13. The first-order valence-electron chi connectivity index (χ1n) is 6.07. The Bertz CT molecular complexity index is 228. The zero-order chi connectivity index (χ0) is 12.0. The molecule has 0 radical (unpaired) electrons. The molecule has 0 bridgehead atoms. The number of methoxy groups -OCH3 is 1. The molecule has 0 saturated heterocycles. The third-order valence-electron chi connectivity index (χ3n) is 3.36. The molecule has 0 spiro atoms. The second-order valence-electron chi connectivity index (χ2n) is 4.49. The Labute approximate surface area is 97.5 Å². The maximum atomic E-state index is 11.9. The topological polar surface area (TPSA) is 61.5 Å². The van der Waals surface area contributed by atoms with Crippen LogP contribution < -0.4 is 5.73 Å². The van der Waals surface area contributed by atoms with E-state index in [9.17, 15) is 4.79 Å². The van der Waals surface area contributed by atoms with Gasteiger partial charge in [-0.1, -0.05) is 6.92 Å². The molecule has 1 aliphatic carbocycles. The molecule has 0 aliphatic heterocycles. The normalized spacial score (nSPS) is 19.2. The SMILES string of the molecule is CCCOCCC(CN)(C(=O)OC)C1CC1. The number of hydrogen-bond acceptors (Lipinski definition) is 4. The summed E-state index contributed by atoms with van der Waals surface area (Å²) in [7, 11) is 1.43. The molecule has 1 fully saturated rings. The second-order valence-corrected chi connectivity index (χ2v) is 4.49. The molecular formula is C12H23NO3. The van der Waals surface area contributed by atoms with Crippen molar-refractivity contribution in [1.29, 1.82) is 0 Å². The maximum Gasteiger partial charge on any atom is 0.313 e. The van der Waals surface area contributed by atoms with Gasteiger partial charge in [0.2, 0.25) is 0 Å². The molecule has 16 heavy (non-hydrogen) atoms. The van der Waals surface area contributed by atoms with Crippen LogP contribution in [0.4, 0.5) is 0 Å². The van der Waals surface area contributed by atoms with E-state index in [2.05, 4.69) is 6.92 Å². The van der Waals surface area contributed by atoms with E-state index in [0.29, 0.717) is 25.5 Å². The largest absolute Gasteiger partial charge is 0.469 e. The molecule has 0 aromatic carbocycles. The van der Waals surface area contributed by atoms with Crippen LogP contribution in [0.2, 0.25) is 0 Å². The zero-order valence-electron chi connectivity index (χ0n) is 10.3. The number of esters is 1. The summed E-state index contributed by atoms with van der Waals surface area (Å²) >= 11 is 0. The Hall–Kier alpha value is -0.610. The van der Waals surface area contributed by atoms with Gasteiger partial charge in [-0.05, 0) is 31.6 Å². The minimum Gasteiger partial charge on any atom is -0.469 e. The molecule has 1 rings (SSSR count). The molecule has 0 amide bonds. The van der Waals surface area contributed by atoms with Crippen LogP contribution in [0.1, 0.15) is 32.6 Å². The van der Waals surface area contributed by atoms with Gasteiger partial charge in [0.15, 0.2) is 0 Å². The molecule has 4 heteroatoms. The van der Waals surface area contributed by atoms with Crippen molar-refractivity contribution < 1.29 is 14.3 Å². The molecule has 0 aromatic rings. The van der Waals surface area contributed by atoms with Gasteiger partial charge in [0, 0.05) is 19.8 Å². The first-order valence-corrected chi connectivity index (χ1v) is 6.07. The molecular weight excluding hydrogens is 206 g/mol. The van der Waals surface area contributed by atoms with Gasteiger partial charge >= 0.3 is 5.97 Å². The van der Waals surface area contributed by atoms with Crippen LogP contribution >= 0.6 is 0 Å². The van der Waals surface area contributed by atoms with Gasteiger partial charge in [0.25, 0.3) is 0 Å². The van der Waals surface area contributed by atoms with Crippen molar-refractivity contribution in [3.63, 3.8) is 0 Å². The summed E-state index contributed by atoms with van der Waals surface area (Å²) in [6.07, 6.45) is 3.85. The zero-order valence-corrected chi connectivity index (χ0v) is 10.3. The van der Waals surface area contributed by atoms with E-state index in [-0.39, 0.29) is 5.97 Å². The summed E-state index contributed by atoms with van der Waals surface area (Å²) in [6, 6.07) is 0. The second kappa shape index (κ2) is 6.21. The van der Waals surface area contributed by atoms with Crippen molar-refractivity contribution in [2.45, 2.75) is 32.6 Å². The lowest BCUT2D eigenvalue weighted by Gasteiger charge is -2.29. The molecule has 1 saturated carbocycles. The summed E-state index contributed by atoms with van der Waals surface area (Å²) in [5.41, 5.74) is 5.29. The van der Waals surface area contributed by atoms with E-state index < -0.39 is 5.41 Å². The van der Waals surface area contributed by atoms with Crippen molar-refractivity contribution in [3.8, 4) is 0 Å². The first-order chi connectivity index (χ1) is 7.71. The lowest BCUT2D eigenvalue weighted by atomic mass is 9.79. The van der Waals surface area contributed by atoms with Gasteiger partial charge in [-0.3, -0.25) is 4.79 Å². The van der Waals surface area contributed by atoms with Crippen LogP contribution in [0, 0.1) is 11.3 Å². The molecule has 2 N–H and O–H groups in total. The molecule has 4 nitrogen and oxygen atoms in total. The van der Waals surface area contributed by atoms with Gasteiger partial charge in [0.1, 0.15) is 0 Å². The van der Waals surface area contributed by atoms with Gasteiger partial charge in [0.05, 0.1) is 12.5 Å². The highest BCUT2D eigenvalue weighted by atomic mass is 16.5. The predicted molar refractivity (Wildman–Crippen MR) is 62.0 cm³/mol. The minimum absolute atomic E-state index is 0.169. The summed E-state index contributed by atoms with van der Waals surface area (Å²) in [4.78, 5) is 11.9. The fraction of sp³-hybridized carbons (Fsp3) is 0.917. The number of nitrogens with two attached hydrogens (primary N) is 1. The van der Waals surface area contributed by atoms with Crippen molar-refractivity contribution in [3.05, 3.63) is 0 Å². The van der Waals surface area contributed by atoms with Crippen molar-refractivity contribution in [2.75, 3.05) is 26.9 Å². The predicted octanol–water partition coefficient (Wildman–Crippen LogP) is 1.33. The molecule has 1 unspecified atom stereocenters. The van der Waals surface area contributed by atoms with E-state index in [1.807, 2.05) is 0 Å². The van der Waals surface area contributed by atoms with Crippen LogP contribution in [0.25, 0.3) is 0 Å². The Balaban J connectivity index is 2.52. The quantitative estimate of drug-likeness (QED) is 0.504. The summed E-state index contributed by atoms with van der Waals surface area (Å²) in [5.74, 6) is 0.229. The highest BCUT2D eigenvalue weighted by Gasteiger charge is 2.50. The lowest BCUT2D eigenvalue weighted by Crippen LogP contribution is -2.42. The van der Waals surface area contributed by atoms with E-state index in [1.54, 1.807) is 0 Å². The van der Waals surface area contributed by atoms with Crippen molar-refractivity contribution in [2.24, 2.45) is 17.1 Å². The lowest BCUT2D eigenvalue weighted by molar-refractivity contribution is -0.155. The van der Waals surface area contributed by atoms with Crippen LogP contribution in [-0.2, 0) is 14.3 Å². The fourth-order valence-electron chi connectivity index (χ4n) is 2.16. The van der Waals surface area contributed by atoms with E-state index in [0.717, 1.165) is 25.9 Å². The molecule has 1 atom stereocenters. The Kier molecular flexibility index (Phi) is 5.22. The van der Waals surface area contributed by atoms with Crippen molar-refractivity contribution >= 4 is 5.97 Å². The Morgan fingerprint density at radius 1 is 1.44 bits per heavy atom. The molecule has 94 valence electrons. The Morgan fingerprint density at radius 2 is 2.12 bits per heavy atom. The monoisotopic (exact) mass is 229 g/mol. The van der Waals surface area contributed by atoms with Crippen LogP contribution in [-0.4, -0.2) is 32.8 Å². The Morgan fingerprint density at radius 3 is 2.56 bits per heavy atom. The van der Waals surface area contributed by atoms with Gasteiger partial charge in [-0.2, -0.15) is 0 Å². The summed E-state index contributed by atoms with van der Waals surface area (Å²) in [6.45, 7) is 3.76. The highest BCUT2D eigenvalue weighted by Crippen LogP contribution is 2.48. The third-order valence-corrected chi connectivity index (χ3v) is 3.36. The molecule has 0 aromatic heterocycles. The van der Waals surface area contributed by atoms with Crippen molar-refractivity contribution in [1.82, 2.24) is 0 Å². The summed E-state index contributed by atoms with van der Waals surface area (Å²) < 4.78 is 10.3. The smallest absolute Gasteiger partial charge is 0.313 e. The summed E-state index contributed by atoms with van der Waals surface area (Å²) in [5, 5.41) is 0. The maximum absolute atomic E-state index is 11.9. The standard InChI is InChI=1S/C12H23NO3/c1-3-7-16-8-6-12(9-13,10-4-5-10)11(14)15-2/h10H,3-9,13H2,1-2H3. The van der Waals surface area contributed by atoms with E-state index in [1.165, 1.54) is 7.11 Å². The van der Waals surface area contributed by atoms with Gasteiger partial charge in [-0.15, -0.1) is 0 Å². The highest BCUT2D eigenvalue weighted by molar-refractivity contribution is 5.78. The number of hydrogen-bond donors (Lipinski definition) is 1. The van der Waals surface area contributed by atoms with Gasteiger partial charge in [-0.25, -0.2) is 0 Å². The number of carbonyl (C=O) groups is 1. The third kappa shape index (κ3) is 2.95.